The molecule has 1 aliphatic heterocycles. The monoisotopic (exact) mass is 310 g/mol. The van der Waals surface area contributed by atoms with Gasteiger partial charge in [-0.2, -0.15) is 0 Å². The summed E-state index contributed by atoms with van der Waals surface area (Å²) in [4.78, 5) is 23.1. The van der Waals surface area contributed by atoms with Crippen molar-refractivity contribution in [3.8, 4) is 0 Å². The van der Waals surface area contributed by atoms with Crippen LogP contribution in [0.5, 0.6) is 0 Å². The molecule has 23 heavy (non-hydrogen) atoms. The van der Waals surface area contributed by atoms with Crippen LogP contribution in [0.25, 0.3) is 0 Å². The number of aromatic nitrogens is 2. The Hall–Kier alpha value is -2.43. The van der Waals surface area contributed by atoms with E-state index in [4.69, 9.17) is 0 Å². The largest absolute Gasteiger partial charge is 0.341 e. The van der Waals surface area contributed by atoms with Crippen molar-refractivity contribution in [1.82, 2.24) is 9.97 Å². The van der Waals surface area contributed by atoms with Crippen molar-refractivity contribution in [2.75, 3.05) is 23.3 Å². The zero-order chi connectivity index (χ0) is 16.1. The third kappa shape index (κ3) is 3.86. The van der Waals surface area contributed by atoms with E-state index in [0.717, 1.165) is 44.0 Å². The summed E-state index contributed by atoms with van der Waals surface area (Å²) < 4.78 is 0. The Morgan fingerprint density at radius 3 is 2.43 bits per heavy atom. The molecular weight excluding hydrogens is 288 g/mol. The Kier molecular flexibility index (Phi) is 4.86. The second kappa shape index (κ2) is 7.22. The number of piperidine rings is 1. The smallest absolute Gasteiger partial charge is 0.227 e. The lowest BCUT2D eigenvalue weighted by atomic mass is 9.96. The van der Waals surface area contributed by atoms with Gasteiger partial charge in [-0.05, 0) is 43.0 Å². The first-order chi connectivity index (χ1) is 11.3. The second-order valence-electron chi connectivity index (χ2n) is 5.85. The molecule has 3 rings (SSSR count). The molecule has 120 valence electrons. The number of hydrogen-bond acceptors (Lipinski definition) is 4. The van der Waals surface area contributed by atoms with Crippen molar-refractivity contribution >= 4 is 17.5 Å². The van der Waals surface area contributed by atoms with E-state index in [0.29, 0.717) is 0 Å². The molecule has 1 aliphatic rings. The molecule has 2 aromatic rings. The van der Waals surface area contributed by atoms with Crippen molar-refractivity contribution in [2.45, 2.75) is 26.2 Å². The molecule has 0 saturated carbocycles. The quantitative estimate of drug-likeness (QED) is 0.943. The van der Waals surface area contributed by atoms with Gasteiger partial charge in [0.15, 0.2) is 0 Å². The predicted octanol–water partition coefficient (Wildman–Crippen LogP) is 2.89. The molecule has 0 atom stereocenters. The van der Waals surface area contributed by atoms with Gasteiger partial charge < -0.3 is 10.2 Å². The molecule has 0 bridgehead atoms. The second-order valence-corrected chi connectivity index (χ2v) is 5.85. The lowest BCUT2D eigenvalue weighted by molar-refractivity contribution is -0.120. The number of carbonyl (C=O) groups is 1. The summed E-state index contributed by atoms with van der Waals surface area (Å²) in [6.45, 7) is 3.76. The van der Waals surface area contributed by atoms with Gasteiger partial charge in [0.2, 0.25) is 11.9 Å². The van der Waals surface area contributed by atoms with E-state index in [1.165, 1.54) is 5.56 Å². The van der Waals surface area contributed by atoms with Gasteiger partial charge in [0.25, 0.3) is 0 Å². The molecule has 0 unspecified atom stereocenters. The maximum absolute atomic E-state index is 12.4. The molecule has 1 saturated heterocycles. The number of benzene rings is 1. The first kappa shape index (κ1) is 15.5. The van der Waals surface area contributed by atoms with Crippen LogP contribution in [-0.2, 0) is 11.2 Å². The van der Waals surface area contributed by atoms with E-state index in [-0.39, 0.29) is 11.8 Å². The lowest BCUT2D eigenvalue weighted by Crippen LogP contribution is -2.39. The first-order valence-electron chi connectivity index (χ1n) is 8.18. The minimum Gasteiger partial charge on any atom is -0.341 e. The van der Waals surface area contributed by atoms with Crippen LogP contribution in [0.1, 0.15) is 25.3 Å². The van der Waals surface area contributed by atoms with Crippen LogP contribution in [0.3, 0.4) is 0 Å². The van der Waals surface area contributed by atoms with Crippen LogP contribution in [0.15, 0.2) is 42.7 Å². The Bertz CT molecular complexity index is 634. The van der Waals surface area contributed by atoms with Crippen LogP contribution in [0.4, 0.5) is 11.6 Å². The summed E-state index contributed by atoms with van der Waals surface area (Å²) in [6, 6.07) is 9.89. The van der Waals surface area contributed by atoms with Crippen LogP contribution < -0.4 is 10.2 Å². The number of nitrogens with zero attached hydrogens (tertiary/aromatic N) is 3. The summed E-state index contributed by atoms with van der Waals surface area (Å²) in [5.41, 5.74) is 2.15. The molecule has 0 radical (unpaired) electrons. The molecule has 5 nitrogen and oxygen atoms in total. The van der Waals surface area contributed by atoms with Crippen molar-refractivity contribution < 1.29 is 4.79 Å². The molecule has 1 fully saturated rings. The lowest BCUT2D eigenvalue weighted by Gasteiger charge is -2.31. The number of hydrogen-bond donors (Lipinski definition) is 1. The Balaban J connectivity index is 1.53. The van der Waals surface area contributed by atoms with E-state index in [2.05, 4.69) is 39.2 Å². The van der Waals surface area contributed by atoms with E-state index < -0.39 is 0 Å². The van der Waals surface area contributed by atoms with Crippen molar-refractivity contribution in [3.63, 3.8) is 0 Å². The average Bonchev–Trinajstić information content (AvgIpc) is 2.63. The summed E-state index contributed by atoms with van der Waals surface area (Å²) in [5, 5.41) is 3.03. The molecule has 0 spiro atoms. The van der Waals surface area contributed by atoms with Crippen LogP contribution >= 0.6 is 0 Å². The average molecular weight is 310 g/mol. The van der Waals surface area contributed by atoms with E-state index in [1.54, 1.807) is 12.4 Å². The normalized spacial score (nSPS) is 15.4. The summed E-state index contributed by atoms with van der Waals surface area (Å²) in [7, 11) is 0. The first-order valence-corrected chi connectivity index (χ1v) is 8.18. The number of amides is 1. The van der Waals surface area contributed by atoms with Crippen molar-refractivity contribution in [3.05, 3.63) is 48.3 Å². The van der Waals surface area contributed by atoms with Gasteiger partial charge in [-0.1, -0.05) is 19.1 Å². The molecule has 1 aromatic carbocycles. The topological polar surface area (TPSA) is 58.1 Å². The van der Waals surface area contributed by atoms with Crippen molar-refractivity contribution in [2.24, 2.45) is 5.92 Å². The van der Waals surface area contributed by atoms with E-state index >= 15 is 0 Å². The fourth-order valence-electron chi connectivity index (χ4n) is 2.86. The van der Waals surface area contributed by atoms with Gasteiger partial charge >= 0.3 is 0 Å². The molecule has 0 aliphatic carbocycles. The highest BCUT2D eigenvalue weighted by Gasteiger charge is 2.26. The van der Waals surface area contributed by atoms with Gasteiger partial charge in [0.05, 0.1) is 0 Å². The third-order valence-electron chi connectivity index (χ3n) is 4.33. The van der Waals surface area contributed by atoms with Crippen LogP contribution in [0, 0.1) is 5.92 Å². The zero-order valence-electron chi connectivity index (χ0n) is 13.4. The van der Waals surface area contributed by atoms with E-state index in [1.807, 2.05) is 18.2 Å². The Morgan fingerprint density at radius 1 is 1.17 bits per heavy atom. The highest BCUT2D eigenvalue weighted by Crippen LogP contribution is 2.22. The minimum absolute atomic E-state index is 0.0563. The molecule has 1 amide bonds. The third-order valence-corrected chi connectivity index (χ3v) is 4.33. The molecule has 1 N–H and O–H groups in total. The molecule has 5 heteroatoms. The van der Waals surface area contributed by atoms with Gasteiger partial charge in [-0.15, -0.1) is 0 Å². The maximum atomic E-state index is 12.4. The minimum atomic E-state index is 0.0563. The molecule has 2 heterocycles. The Morgan fingerprint density at radius 2 is 1.83 bits per heavy atom. The Labute approximate surface area is 136 Å². The van der Waals surface area contributed by atoms with E-state index in [9.17, 15) is 4.79 Å². The standard InChI is InChI=1S/C18H22N4O/c1-2-14-4-6-16(7-5-14)21-17(23)15-8-12-22(13-9-15)18-19-10-3-11-20-18/h3-7,10-11,15H,2,8-9,12-13H2,1H3,(H,21,23). The van der Waals surface area contributed by atoms with Crippen LogP contribution in [-0.4, -0.2) is 29.0 Å². The van der Waals surface area contributed by atoms with Gasteiger partial charge in [0, 0.05) is 37.1 Å². The zero-order valence-corrected chi connectivity index (χ0v) is 13.4. The molecular formula is C18H22N4O. The van der Waals surface area contributed by atoms with Gasteiger partial charge in [-0.25, -0.2) is 9.97 Å². The molecule has 1 aromatic heterocycles. The van der Waals surface area contributed by atoms with Gasteiger partial charge in [-0.3, -0.25) is 4.79 Å². The number of nitrogens with one attached hydrogen (secondary N) is 1. The fraction of sp³-hybridized carbons (Fsp3) is 0.389. The highest BCUT2D eigenvalue weighted by atomic mass is 16.1. The predicted molar refractivity (Wildman–Crippen MR) is 91.4 cm³/mol. The summed E-state index contributed by atoms with van der Waals surface area (Å²) >= 11 is 0. The number of aryl methyl sites for hydroxylation is 1. The van der Waals surface area contributed by atoms with Crippen LogP contribution in [0.2, 0.25) is 0 Å². The summed E-state index contributed by atoms with van der Waals surface area (Å²) in [6.07, 6.45) is 6.17. The highest BCUT2D eigenvalue weighted by molar-refractivity contribution is 5.92. The van der Waals surface area contributed by atoms with Crippen molar-refractivity contribution in [1.29, 1.82) is 0 Å². The SMILES string of the molecule is CCc1ccc(NC(=O)C2CCN(c3ncccn3)CC2)cc1. The number of carbonyl (C=O) groups excluding carboxylic acids is 1. The van der Waals surface area contributed by atoms with Gasteiger partial charge in [0.1, 0.15) is 0 Å². The fourth-order valence-corrected chi connectivity index (χ4v) is 2.86. The maximum Gasteiger partial charge on any atom is 0.227 e. The number of anilines is 2. The summed E-state index contributed by atoms with van der Waals surface area (Å²) in [5.74, 6) is 0.921. The number of rotatable bonds is 4.